The molecule has 1 amide bonds. The largest absolute Gasteiger partial charge is 0.618 e. The molecule has 1 unspecified atom stereocenters. The molecule has 0 saturated heterocycles. The lowest BCUT2D eigenvalue weighted by Gasteiger charge is -2.17. The molecule has 0 aliphatic rings. The number of H-pyrrole nitrogens is 1. The number of aromatic amines is 1. The lowest BCUT2D eigenvalue weighted by Crippen LogP contribution is -2.35. The van der Waals surface area contributed by atoms with Crippen molar-refractivity contribution in [1.82, 2.24) is 15.3 Å². The standard InChI is InChI=1S/C22H26N4O2/c1-17-8-10-18(11-9-17)20(21-7-3-5-13-26(21)28)14-22(27)24-12-4-2-6-19-15-23-16-25-19/h3,5,7-11,13,15-16,20H,2,4,6,12,14H2,1H3,(H,23,25)(H,24,27). The van der Waals surface area contributed by atoms with Gasteiger partial charge in [0.2, 0.25) is 11.6 Å². The molecule has 0 bridgehead atoms. The van der Waals surface area contributed by atoms with Crippen molar-refractivity contribution >= 4 is 5.91 Å². The number of rotatable bonds is 9. The second-order valence-corrected chi connectivity index (χ2v) is 7.00. The van der Waals surface area contributed by atoms with Crippen molar-refractivity contribution in [3.05, 3.63) is 88.9 Å². The summed E-state index contributed by atoms with van der Waals surface area (Å²) < 4.78 is 0.849. The molecule has 3 aromatic rings. The van der Waals surface area contributed by atoms with Crippen LogP contribution in [0, 0.1) is 12.1 Å². The van der Waals surface area contributed by atoms with Gasteiger partial charge < -0.3 is 15.5 Å². The molecule has 2 N–H and O–H groups in total. The van der Waals surface area contributed by atoms with Crippen LogP contribution in [-0.4, -0.2) is 22.4 Å². The molecule has 1 atom stereocenters. The van der Waals surface area contributed by atoms with E-state index < -0.39 is 0 Å². The van der Waals surface area contributed by atoms with Crippen molar-refractivity contribution in [3.63, 3.8) is 0 Å². The fraction of sp³-hybridized carbons (Fsp3) is 0.318. The average molecular weight is 378 g/mol. The third kappa shape index (κ3) is 5.42. The summed E-state index contributed by atoms with van der Waals surface area (Å²) in [7, 11) is 0. The number of nitrogens with zero attached hydrogens (tertiary/aromatic N) is 2. The number of carbonyl (C=O) groups is 1. The summed E-state index contributed by atoms with van der Waals surface area (Å²) in [5.41, 5.74) is 3.80. The van der Waals surface area contributed by atoms with E-state index in [1.54, 1.807) is 18.5 Å². The molecule has 1 aromatic carbocycles. The van der Waals surface area contributed by atoms with Crippen molar-refractivity contribution in [2.24, 2.45) is 0 Å². The van der Waals surface area contributed by atoms with Crippen LogP contribution in [0.4, 0.5) is 0 Å². The lowest BCUT2D eigenvalue weighted by molar-refractivity contribution is -0.615. The zero-order chi connectivity index (χ0) is 19.8. The first-order chi connectivity index (χ1) is 13.6. The fourth-order valence-corrected chi connectivity index (χ4v) is 3.25. The first-order valence-electron chi connectivity index (χ1n) is 9.62. The van der Waals surface area contributed by atoms with Crippen molar-refractivity contribution in [2.45, 2.75) is 38.5 Å². The SMILES string of the molecule is Cc1ccc(C(CC(=O)NCCCCc2cnc[nH]2)c2cccc[n+]2[O-])cc1. The minimum absolute atomic E-state index is 0.0454. The Labute approximate surface area is 165 Å². The highest BCUT2D eigenvalue weighted by atomic mass is 16.5. The molecule has 146 valence electrons. The maximum absolute atomic E-state index is 12.5. The molecule has 0 spiro atoms. The summed E-state index contributed by atoms with van der Waals surface area (Å²) in [6, 6.07) is 13.3. The summed E-state index contributed by atoms with van der Waals surface area (Å²) in [5, 5.41) is 15.3. The van der Waals surface area contributed by atoms with Gasteiger partial charge in [0.05, 0.1) is 12.2 Å². The van der Waals surface area contributed by atoms with E-state index in [0.717, 1.165) is 40.8 Å². The van der Waals surface area contributed by atoms with Crippen LogP contribution in [0.3, 0.4) is 0 Å². The van der Waals surface area contributed by atoms with Crippen molar-refractivity contribution in [3.8, 4) is 0 Å². The molecule has 2 heterocycles. The van der Waals surface area contributed by atoms with E-state index >= 15 is 0 Å². The number of imidazole rings is 1. The molecule has 2 aromatic heterocycles. The molecule has 3 rings (SSSR count). The van der Waals surface area contributed by atoms with E-state index in [0.29, 0.717) is 12.2 Å². The number of pyridine rings is 1. The van der Waals surface area contributed by atoms with Crippen LogP contribution in [0.1, 0.15) is 47.7 Å². The van der Waals surface area contributed by atoms with E-state index in [2.05, 4.69) is 15.3 Å². The lowest BCUT2D eigenvalue weighted by atomic mass is 9.91. The number of aryl methyl sites for hydroxylation is 2. The summed E-state index contributed by atoms with van der Waals surface area (Å²) in [6.45, 7) is 2.64. The normalized spacial score (nSPS) is 11.9. The minimum atomic E-state index is -0.274. The Hall–Kier alpha value is -3.15. The summed E-state index contributed by atoms with van der Waals surface area (Å²) >= 11 is 0. The van der Waals surface area contributed by atoms with Crippen molar-refractivity contribution < 1.29 is 9.52 Å². The predicted octanol–water partition coefficient (Wildman–Crippen LogP) is 3.01. The molecule has 0 aliphatic heterocycles. The monoisotopic (exact) mass is 378 g/mol. The minimum Gasteiger partial charge on any atom is -0.618 e. The molecular weight excluding hydrogens is 352 g/mol. The number of unbranched alkanes of at least 4 members (excludes halogenated alkanes) is 1. The Bertz CT molecular complexity index is 876. The highest BCUT2D eigenvalue weighted by Crippen LogP contribution is 2.26. The van der Waals surface area contributed by atoms with Crippen LogP contribution in [0.5, 0.6) is 0 Å². The topological polar surface area (TPSA) is 84.7 Å². The molecule has 6 heteroatoms. The first kappa shape index (κ1) is 19.6. The Morgan fingerprint density at radius 3 is 2.75 bits per heavy atom. The van der Waals surface area contributed by atoms with Gasteiger partial charge in [0.25, 0.3) is 0 Å². The molecule has 6 nitrogen and oxygen atoms in total. The van der Waals surface area contributed by atoms with Crippen LogP contribution in [0.25, 0.3) is 0 Å². The predicted molar refractivity (Wildman–Crippen MR) is 108 cm³/mol. The first-order valence-corrected chi connectivity index (χ1v) is 9.62. The Morgan fingerprint density at radius 1 is 1.21 bits per heavy atom. The maximum atomic E-state index is 12.5. The van der Waals surface area contributed by atoms with Gasteiger partial charge in [-0.1, -0.05) is 29.8 Å². The van der Waals surface area contributed by atoms with Gasteiger partial charge in [0, 0.05) is 37.0 Å². The summed E-state index contributed by atoms with van der Waals surface area (Å²) in [5.74, 6) is -0.319. The molecule has 28 heavy (non-hydrogen) atoms. The van der Waals surface area contributed by atoms with Gasteiger partial charge in [-0.3, -0.25) is 4.79 Å². The Balaban J connectivity index is 1.58. The van der Waals surface area contributed by atoms with Gasteiger partial charge in [-0.05, 0) is 37.8 Å². The van der Waals surface area contributed by atoms with Gasteiger partial charge in [0.1, 0.15) is 0 Å². The molecule has 0 fully saturated rings. The highest BCUT2D eigenvalue weighted by molar-refractivity contribution is 5.77. The van der Waals surface area contributed by atoms with Crippen LogP contribution >= 0.6 is 0 Å². The van der Waals surface area contributed by atoms with Crippen molar-refractivity contribution in [2.75, 3.05) is 6.54 Å². The number of benzene rings is 1. The average Bonchev–Trinajstić information content (AvgIpc) is 3.21. The number of amides is 1. The van der Waals surface area contributed by atoms with Crippen LogP contribution < -0.4 is 10.0 Å². The smallest absolute Gasteiger partial charge is 0.221 e. The van der Waals surface area contributed by atoms with Gasteiger partial charge in [-0.25, -0.2) is 4.98 Å². The quantitative estimate of drug-likeness (QED) is 0.341. The fourth-order valence-electron chi connectivity index (χ4n) is 3.25. The van der Waals surface area contributed by atoms with E-state index in [4.69, 9.17) is 0 Å². The maximum Gasteiger partial charge on any atom is 0.221 e. The van der Waals surface area contributed by atoms with E-state index in [-0.39, 0.29) is 18.2 Å². The number of hydrogen-bond acceptors (Lipinski definition) is 3. The molecule has 0 aliphatic carbocycles. The van der Waals surface area contributed by atoms with E-state index in [1.807, 2.05) is 43.5 Å². The van der Waals surface area contributed by atoms with Gasteiger partial charge in [0.15, 0.2) is 6.20 Å². The van der Waals surface area contributed by atoms with Gasteiger partial charge >= 0.3 is 0 Å². The van der Waals surface area contributed by atoms with Gasteiger partial charge in [-0.2, -0.15) is 4.73 Å². The van der Waals surface area contributed by atoms with Crippen LogP contribution in [0.2, 0.25) is 0 Å². The number of hydrogen-bond donors (Lipinski definition) is 2. The number of aromatic nitrogens is 3. The highest BCUT2D eigenvalue weighted by Gasteiger charge is 2.24. The van der Waals surface area contributed by atoms with Crippen LogP contribution in [0.15, 0.2) is 61.2 Å². The van der Waals surface area contributed by atoms with E-state index in [9.17, 15) is 10.0 Å². The molecule has 0 saturated carbocycles. The van der Waals surface area contributed by atoms with Crippen molar-refractivity contribution in [1.29, 1.82) is 0 Å². The van der Waals surface area contributed by atoms with Crippen LogP contribution in [-0.2, 0) is 11.2 Å². The molecule has 0 radical (unpaired) electrons. The zero-order valence-corrected chi connectivity index (χ0v) is 16.1. The summed E-state index contributed by atoms with van der Waals surface area (Å²) in [6.07, 6.45) is 8.01. The third-order valence-electron chi connectivity index (χ3n) is 4.83. The summed E-state index contributed by atoms with van der Waals surface area (Å²) in [4.78, 5) is 19.6. The van der Waals surface area contributed by atoms with E-state index in [1.165, 1.54) is 6.20 Å². The Morgan fingerprint density at radius 2 is 2.04 bits per heavy atom. The second-order valence-electron chi connectivity index (χ2n) is 7.00. The second kappa shape index (κ2) is 9.69. The molecular formula is C22H26N4O2. The number of nitrogens with one attached hydrogen (secondary N) is 2. The Kier molecular flexibility index (Phi) is 6.78. The third-order valence-corrected chi connectivity index (χ3v) is 4.83. The van der Waals surface area contributed by atoms with Gasteiger partial charge in [-0.15, -0.1) is 0 Å². The zero-order valence-electron chi connectivity index (χ0n) is 16.1. The number of carbonyl (C=O) groups excluding carboxylic acids is 1.